The summed E-state index contributed by atoms with van der Waals surface area (Å²) in [6, 6.07) is 8.86. The fourth-order valence-electron chi connectivity index (χ4n) is 3.68. The standard InChI is InChI=1S/C20H24N4O3S2/c1-13-23-19(17-7-9-28-20(17)24-13)27-12-14-2-4-16(5-3-14)29(25,26)18-6-8-22-11-15(18)10-21/h2-5,7,9,15,18,22H,6,8,10-12,21H2,1H3. The zero-order valence-corrected chi connectivity index (χ0v) is 17.8. The zero-order valence-electron chi connectivity index (χ0n) is 16.2. The van der Waals surface area contributed by atoms with Gasteiger partial charge in [0, 0.05) is 12.5 Å². The van der Waals surface area contributed by atoms with Crippen LogP contribution in [0.4, 0.5) is 0 Å². The maximum atomic E-state index is 13.1. The molecule has 0 aliphatic carbocycles. The minimum atomic E-state index is -3.41. The average Bonchev–Trinajstić information content (AvgIpc) is 3.20. The topological polar surface area (TPSA) is 107 Å². The molecule has 0 spiro atoms. The average molecular weight is 433 g/mol. The summed E-state index contributed by atoms with van der Waals surface area (Å²) >= 11 is 1.55. The van der Waals surface area contributed by atoms with E-state index in [1.807, 2.05) is 18.4 Å². The van der Waals surface area contributed by atoms with Crippen LogP contribution in [0.3, 0.4) is 0 Å². The molecule has 29 heavy (non-hydrogen) atoms. The van der Waals surface area contributed by atoms with E-state index in [2.05, 4.69) is 15.3 Å². The van der Waals surface area contributed by atoms with Crippen molar-refractivity contribution in [1.29, 1.82) is 0 Å². The maximum absolute atomic E-state index is 13.1. The number of fused-ring (bicyclic) bond motifs is 1. The van der Waals surface area contributed by atoms with Crippen LogP contribution in [0.1, 0.15) is 17.8 Å². The van der Waals surface area contributed by atoms with Crippen molar-refractivity contribution in [2.24, 2.45) is 11.7 Å². The molecule has 2 unspecified atom stereocenters. The van der Waals surface area contributed by atoms with Crippen LogP contribution in [0.5, 0.6) is 5.88 Å². The first-order valence-corrected chi connectivity index (χ1v) is 12.0. The Morgan fingerprint density at radius 2 is 2.03 bits per heavy atom. The molecule has 1 aliphatic heterocycles. The molecule has 0 amide bonds. The van der Waals surface area contributed by atoms with Crippen LogP contribution in [0.2, 0.25) is 0 Å². The molecule has 1 saturated heterocycles. The zero-order chi connectivity index (χ0) is 20.4. The minimum Gasteiger partial charge on any atom is -0.472 e. The van der Waals surface area contributed by atoms with Gasteiger partial charge in [0.25, 0.3) is 0 Å². The van der Waals surface area contributed by atoms with Gasteiger partial charge >= 0.3 is 0 Å². The molecule has 9 heteroatoms. The van der Waals surface area contributed by atoms with E-state index in [9.17, 15) is 8.42 Å². The minimum absolute atomic E-state index is 0.0641. The highest BCUT2D eigenvalue weighted by Gasteiger charge is 2.35. The third kappa shape index (κ3) is 4.13. The summed E-state index contributed by atoms with van der Waals surface area (Å²) in [6.45, 7) is 3.84. The van der Waals surface area contributed by atoms with E-state index in [1.54, 1.807) is 35.6 Å². The smallest absolute Gasteiger partial charge is 0.225 e. The van der Waals surface area contributed by atoms with Gasteiger partial charge in [-0.25, -0.2) is 13.4 Å². The summed E-state index contributed by atoms with van der Waals surface area (Å²) < 4.78 is 32.0. The first-order valence-electron chi connectivity index (χ1n) is 9.57. The Morgan fingerprint density at radius 1 is 1.24 bits per heavy atom. The number of hydrogen-bond acceptors (Lipinski definition) is 8. The van der Waals surface area contributed by atoms with Crippen LogP contribution in [0.25, 0.3) is 10.2 Å². The molecule has 1 aliphatic rings. The molecule has 1 aromatic carbocycles. The van der Waals surface area contributed by atoms with E-state index in [1.165, 1.54) is 0 Å². The molecule has 7 nitrogen and oxygen atoms in total. The Morgan fingerprint density at radius 3 is 2.79 bits per heavy atom. The summed E-state index contributed by atoms with van der Waals surface area (Å²) in [4.78, 5) is 10.0. The lowest BCUT2D eigenvalue weighted by Crippen LogP contribution is -2.47. The van der Waals surface area contributed by atoms with Gasteiger partial charge in [0.1, 0.15) is 17.3 Å². The molecule has 3 aromatic rings. The van der Waals surface area contributed by atoms with Crippen LogP contribution in [-0.2, 0) is 16.4 Å². The number of nitrogens with one attached hydrogen (secondary N) is 1. The first kappa shape index (κ1) is 20.2. The van der Waals surface area contributed by atoms with Gasteiger partial charge in [-0.1, -0.05) is 12.1 Å². The number of sulfone groups is 1. The third-order valence-corrected chi connectivity index (χ3v) is 8.42. The quantitative estimate of drug-likeness (QED) is 0.615. The number of aromatic nitrogens is 2. The summed E-state index contributed by atoms with van der Waals surface area (Å²) in [6.07, 6.45) is 0.582. The van der Waals surface area contributed by atoms with Crippen molar-refractivity contribution in [2.75, 3.05) is 19.6 Å². The highest BCUT2D eigenvalue weighted by molar-refractivity contribution is 7.92. The van der Waals surface area contributed by atoms with Crippen LogP contribution in [0.15, 0.2) is 40.6 Å². The molecular weight excluding hydrogens is 408 g/mol. The molecule has 2 aromatic heterocycles. The predicted octanol–water partition coefficient (Wildman–Crippen LogP) is 2.29. The van der Waals surface area contributed by atoms with Crippen LogP contribution in [-0.4, -0.2) is 43.3 Å². The number of nitrogens with two attached hydrogens (primary N) is 1. The molecule has 3 heterocycles. The van der Waals surface area contributed by atoms with Crippen molar-refractivity contribution in [3.05, 3.63) is 47.1 Å². The third-order valence-electron chi connectivity index (χ3n) is 5.27. The number of piperidine rings is 1. The van der Waals surface area contributed by atoms with Gasteiger partial charge in [-0.15, -0.1) is 11.3 Å². The second kappa shape index (κ2) is 8.35. The number of nitrogens with zero attached hydrogens (tertiary/aromatic N) is 2. The van der Waals surface area contributed by atoms with Gasteiger partial charge in [0.2, 0.25) is 5.88 Å². The first-order chi connectivity index (χ1) is 14.0. The maximum Gasteiger partial charge on any atom is 0.225 e. The second-order valence-electron chi connectivity index (χ2n) is 7.22. The molecule has 4 rings (SSSR count). The second-order valence-corrected chi connectivity index (χ2v) is 10.3. The van der Waals surface area contributed by atoms with E-state index < -0.39 is 15.1 Å². The number of benzene rings is 1. The van der Waals surface area contributed by atoms with Crippen molar-refractivity contribution in [2.45, 2.75) is 30.1 Å². The lowest BCUT2D eigenvalue weighted by molar-refractivity contribution is 0.297. The van der Waals surface area contributed by atoms with Crippen LogP contribution >= 0.6 is 11.3 Å². The highest BCUT2D eigenvalue weighted by Crippen LogP contribution is 2.28. The van der Waals surface area contributed by atoms with E-state index in [0.717, 1.165) is 15.8 Å². The van der Waals surface area contributed by atoms with Crippen molar-refractivity contribution >= 4 is 31.4 Å². The lowest BCUT2D eigenvalue weighted by atomic mass is 9.99. The molecule has 2 atom stereocenters. The molecule has 0 bridgehead atoms. The molecule has 0 saturated carbocycles. The van der Waals surface area contributed by atoms with Crippen molar-refractivity contribution < 1.29 is 13.2 Å². The van der Waals surface area contributed by atoms with Crippen LogP contribution in [0, 0.1) is 12.8 Å². The predicted molar refractivity (Wildman–Crippen MR) is 114 cm³/mol. The van der Waals surface area contributed by atoms with Gasteiger partial charge < -0.3 is 15.8 Å². The van der Waals surface area contributed by atoms with E-state index >= 15 is 0 Å². The molecule has 3 N–H and O–H groups in total. The Labute approximate surface area is 174 Å². The number of aryl methyl sites for hydroxylation is 1. The fraction of sp³-hybridized carbons (Fsp3) is 0.400. The summed E-state index contributed by atoms with van der Waals surface area (Å²) in [5, 5.41) is 5.63. The summed E-state index contributed by atoms with van der Waals surface area (Å²) in [5.74, 6) is 1.14. The Bertz CT molecular complexity index is 1100. The molecule has 1 fully saturated rings. The summed E-state index contributed by atoms with van der Waals surface area (Å²) in [7, 11) is -3.41. The van der Waals surface area contributed by atoms with E-state index in [4.69, 9.17) is 10.5 Å². The molecule has 0 radical (unpaired) electrons. The lowest BCUT2D eigenvalue weighted by Gasteiger charge is -2.30. The van der Waals surface area contributed by atoms with E-state index in [-0.39, 0.29) is 5.92 Å². The van der Waals surface area contributed by atoms with Crippen molar-refractivity contribution in [1.82, 2.24) is 15.3 Å². The number of thiophene rings is 1. The Kier molecular flexibility index (Phi) is 5.82. The molecule has 154 valence electrons. The SMILES string of the molecule is Cc1nc(OCc2ccc(S(=O)(=O)C3CCNCC3CN)cc2)c2ccsc2n1. The number of ether oxygens (including phenoxy) is 1. The fourth-order valence-corrected chi connectivity index (χ4v) is 6.49. The van der Waals surface area contributed by atoms with Crippen LogP contribution < -0.4 is 15.8 Å². The van der Waals surface area contributed by atoms with Gasteiger partial charge in [-0.2, -0.15) is 4.98 Å². The van der Waals surface area contributed by atoms with Gasteiger partial charge in [-0.3, -0.25) is 0 Å². The van der Waals surface area contributed by atoms with Gasteiger partial charge in [-0.05, 0) is 55.6 Å². The Hall–Kier alpha value is -2.07. The van der Waals surface area contributed by atoms with Gasteiger partial charge in [0.05, 0.1) is 15.5 Å². The normalized spacial score (nSPS) is 20.1. The van der Waals surface area contributed by atoms with Crippen molar-refractivity contribution in [3.63, 3.8) is 0 Å². The van der Waals surface area contributed by atoms with Gasteiger partial charge in [0.15, 0.2) is 9.84 Å². The Balaban J connectivity index is 1.49. The number of hydrogen-bond donors (Lipinski definition) is 2. The summed E-state index contributed by atoms with van der Waals surface area (Å²) in [5.41, 5.74) is 6.68. The largest absolute Gasteiger partial charge is 0.472 e. The highest BCUT2D eigenvalue weighted by atomic mass is 32.2. The monoisotopic (exact) mass is 432 g/mol. The number of rotatable bonds is 6. The van der Waals surface area contributed by atoms with Crippen molar-refractivity contribution in [3.8, 4) is 5.88 Å². The van der Waals surface area contributed by atoms with E-state index in [0.29, 0.717) is 49.3 Å². The molecular formula is C20H24N4O3S2.